The minimum absolute atomic E-state index is 0.234. The summed E-state index contributed by atoms with van der Waals surface area (Å²) in [7, 11) is 0. The number of benzene rings is 2. The molecule has 0 heterocycles. The Morgan fingerprint density at radius 1 is 0.900 bits per heavy atom. The van der Waals surface area contributed by atoms with Crippen LogP contribution in [0.5, 0.6) is 11.5 Å². The van der Waals surface area contributed by atoms with E-state index in [2.05, 4.69) is 0 Å². The molecule has 0 saturated carbocycles. The molecule has 106 valence electrons. The first-order valence-electron chi connectivity index (χ1n) is 5.93. The van der Waals surface area contributed by atoms with Gasteiger partial charge in [0, 0.05) is 0 Å². The number of halogens is 3. The van der Waals surface area contributed by atoms with E-state index in [-0.39, 0.29) is 11.3 Å². The zero-order valence-corrected chi connectivity index (χ0v) is 10.7. The van der Waals surface area contributed by atoms with Crippen LogP contribution in [0.15, 0.2) is 54.6 Å². The van der Waals surface area contributed by atoms with Gasteiger partial charge < -0.3 is 9.84 Å². The van der Waals surface area contributed by atoms with E-state index >= 15 is 0 Å². The van der Waals surface area contributed by atoms with Crippen molar-refractivity contribution < 1.29 is 23.0 Å². The summed E-state index contributed by atoms with van der Waals surface area (Å²) in [5.41, 5.74) is -3.18. The molecule has 0 bridgehead atoms. The second-order valence-electron chi connectivity index (χ2n) is 4.51. The molecule has 0 radical (unpaired) electrons. The average molecular weight is 282 g/mol. The van der Waals surface area contributed by atoms with Crippen LogP contribution in [0.2, 0.25) is 0 Å². The topological polar surface area (TPSA) is 29.5 Å². The average Bonchev–Trinajstić information content (AvgIpc) is 2.39. The van der Waals surface area contributed by atoms with Crippen molar-refractivity contribution in [2.45, 2.75) is 18.7 Å². The van der Waals surface area contributed by atoms with Crippen molar-refractivity contribution in [3.05, 3.63) is 60.2 Å². The van der Waals surface area contributed by atoms with E-state index in [1.165, 1.54) is 24.3 Å². The minimum Gasteiger partial charge on any atom is -0.457 e. The number of hydrogen-bond donors (Lipinski definition) is 1. The second kappa shape index (κ2) is 5.17. The highest BCUT2D eigenvalue weighted by atomic mass is 19.4. The number of para-hydroxylation sites is 1. The summed E-state index contributed by atoms with van der Waals surface area (Å²) in [6.07, 6.45) is -4.75. The molecule has 0 aliphatic rings. The summed E-state index contributed by atoms with van der Waals surface area (Å²) < 4.78 is 43.8. The third-order valence-corrected chi connectivity index (χ3v) is 2.93. The molecule has 2 aromatic rings. The molecule has 1 N–H and O–H groups in total. The summed E-state index contributed by atoms with van der Waals surface area (Å²) in [5, 5.41) is 9.63. The monoisotopic (exact) mass is 282 g/mol. The van der Waals surface area contributed by atoms with Crippen LogP contribution in [0.3, 0.4) is 0 Å². The molecular formula is C15H13F3O2. The van der Waals surface area contributed by atoms with Crippen LogP contribution in [0, 0.1) is 0 Å². The Morgan fingerprint density at radius 2 is 1.50 bits per heavy atom. The third-order valence-electron chi connectivity index (χ3n) is 2.93. The van der Waals surface area contributed by atoms with E-state index in [0.717, 1.165) is 0 Å². The van der Waals surface area contributed by atoms with Crippen molar-refractivity contribution in [3.63, 3.8) is 0 Å². The molecule has 20 heavy (non-hydrogen) atoms. The van der Waals surface area contributed by atoms with Crippen LogP contribution in [0.25, 0.3) is 0 Å². The van der Waals surface area contributed by atoms with Crippen LogP contribution in [0.4, 0.5) is 13.2 Å². The highest BCUT2D eigenvalue weighted by molar-refractivity contribution is 5.36. The van der Waals surface area contributed by atoms with Gasteiger partial charge in [-0.2, -0.15) is 13.2 Å². The predicted octanol–water partition coefficient (Wildman–Crippen LogP) is 4.25. The lowest BCUT2D eigenvalue weighted by Crippen LogP contribution is -2.39. The van der Waals surface area contributed by atoms with E-state index in [1.54, 1.807) is 30.3 Å². The van der Waals surface area contributed by atoms with Crippen molar-refractivity contribution in [2.24, 2.45) is 0 Å². The van der Waals surface area contributed by atoms with E-state index in [4.69, 9.17) is 4.74 Å². The van der Waals surface area contributed by atoms with E-state index in [0.29, 0.717) is 12.7 Å². The number of alkyl halides is 3. The van der Waals surface area contributed by atoms with Gasteiger partial charge in [-0.15, -0.1) is 0 Å². The van der Waals surface area contributed by atoms with Crippen molar-refractivity contribution in [1.29, 1.82) is 0 Å². The second-order valence-corrected chi connectivity index (χ2v) is 4.51. The Bertz CT molecular complexity index is 577. The summed E-state index contributed by atoms with van der Waals surface area (Å²) in [4.78, 5) is 0. The lowest BCUT2D eigenvalue weighted by atomic mass is 9.95. The number of ether oxygens (including phenoxy) is 1. The maximum absolute atomic E-state index is 12.8. The van der Waals surface area contributed by atoms with Gasteiger partial charge in [-0.3, -0.25) is 0 Å². The fourth-order valence-corrected chi connectivity index (χ4v) is 1.65. The van der Waals surface area contributed by atoms with E-state index in [9.17, 15) is 18.3 Å². The maximum atomic E-state index is 12.8. The first-order chi connectivity index (χ1) is 9.30. The predicted molar refractivity (Wildman–Crippen MR) is 68.6 cm³/mol. The number of hydrogen-bond acceptors (Lipinski definition) is 2. The van der Waals surface area contributed by atoms with Gasteiger partial charge in [0.05, 0.1) is 0 Å². The summed E-state index contributed by atoms with van der Waals surface area (Å²) in [6.45, 7) is 0.717. The van der Waals surface area contributed by atoms with Gasteiger partial charge in [-0.05, 0) is 36.8 Å². The van der Waals surface area contributed by atoms with Gasteiger partial charge in [0.15, 0.2) is 5.60 Å². The normalized spacial score (nSPS) is 14.7. The summed E-state index contributed by atoms with van der Waals surface area (Å²) in [5.74, 6) is 0.745. The molecule has 1 atom stereocenters. The Morgan fingerprint density at radius 3 is 2.10 bits per heavy atom. The van der Waals surface area contributed by atoms with Crippen LogP contribution < -0.4 is 4.74 Å². The van der Waals surface area contributed by atoms with Crippen molar-refractivity contribution in [3.8, 4) is 11.5 Å². The Labute approximate surface area is 114 Å². The van der Waals surface area contributed by atoms with Crippen LogP contribution >= 0.6 is 0 Å². The first-order valence-corrected chi connectivity index (χ1v) is 5.93. The third kappa shape index (κ3) is 2.93. The summed E-state index contributed by atoms with van der Waals surface area (Å²) >= 11 is 0. The highest BCUT2D eigenvalue weighted by Crippen LogP contribution is 2.39. The number of rotatable bonds is 3. The van der Waals surface area contributed by atoms with Crippen molar-refractivity contribution >= 4 is 0 Å². The van der Waals surface area contributed by atoms with Crippen LogP contribution in [-0.2, 0) is 5.60 Å². The smallest absolute Gasteiger partial charge is 0.421 e. The van der Waals surface area contributed by atoms with Gasteiger partial charge in [-0.1, -0.05) is 30.3 Å². The van der Waals surface area contributed by atoms with Gasteiger partial charge in [0.1, 0.15) is 11.5 Å². The quantitative estimate of drug-likeness (QED) is 0.912. The molecule has 0 amide bonds. The molecule has 0 fully saturated rings. The lowest BCUT2D eigenvalue weighted by molar-refractivity contribution is -0.258. The molecule has 0 aliphatic carbocycles. The molecule has 2 nitrogen and oxygen atoms in total. The zero-order valence-electron chi connectivity index (χ0n) is 10.7. The van der Waals surface area contributed by atoms with Crippen molar-refractivity contribution in [2.75, 3.05) is 0 Å². The lowest BCUT2D eigenvalue weighted by Gasteiger charge is -2.26. The van der Waals surface area contributed by atoms with Crippen LogP contribution in [-0.4, -0.2) is 11.3 Å². The SMILES string of the molecule is CC(O)(c1cccc(Oc2ccccc2)c1)C(F)(F)F. The summed E-state index contributed by atoms with van der Waals surface area (Å²) in [6, 6.07) is 14.0. The molecule has 5 heteroatoms. The minimum atomic E-state index is -4.75. The molecule has 2 rings (SSSR count). The fourth-order valence-electron chi connectivity index (χ4n) is 1.65. The zero-order chi connectivity index (χ0) is 14.8. The van der Waals surface area contributed by atoms with Crippen LogP contribution in [0.1, 0.15) is 12.5 Å². The highest BCUT2D eigenvalue weighted by Gasteiger charge is 2.51. The molecule has 0 aromatic heterocycles. The largest absolute Gasteiger partial charge is 0.457 e. The Hall–Kier alpha value is -2.01. The molecular weight excluding hydrogens is 269 g/mol. The number of aliphatic hydroxyl groups is 1. The Kier molecular flexibility index (Phi) is 3.72. The van der Waals surface area contributed by atoms with Gasteiger partial charge >= 0.3 is 6.18 Å². The standard InChI is InChI=1S/C15H13F3O2/c1-14(19,15(16,17)18)11-6-5-9-13(10-11)20-12-7-3-2-4-8-12/h2-10,19H,1H3. The van der Waals surface area contributed by atoms with Gasteiger partial charge in [-0.25, -0.2) is 0 Å². The molecule has 0 saturated heterocycles. The van der Waals surface area contributed by atoms with Gasteiger partial charge in [0.2, 0.25) is 0 Å². The van der Waals surface area contributed by atoms with Crippen molar-refractivity contribution in [1.82, 2.24) is 0 Å². The Balaban J connectivity index is 2.29. The fraction of sp³-hybridized carbons (Fsp3) is 0.200. The maximum Gasteiger partial charge on any atom is 0.421 e. The van der Waals surface area contributed by atoms with Gasteiger partial charge in [0.25, 0.3) is 0 Å². The van der Waals surface area contributed by atoms with E-state index in [1.807, 2.05) is 0 Å². The molecule has 2 aromatic carbocycles. The first kappa shape index (κ1) is 14.4. The van der Waals surface area contributed by atoms with E-state index < -0.39 is 11.8 Å². The molecule has 0 spiro atoms. The molecule has 0 aliphatic heterocycles. The molecule has 1 unspecified atom stereocenters.